The van der Waals surface area contributed by atoms with E-state index in [4.69, 9.17) is 4.74 Å². The molecule has 0 saturated heterocycles. The standard InChI is InChI=1S/C59H39NO/c1-4-17-40(18-5-1)44-31-35-52-57(37-44)61-58-38-45(41-19-6-2-7-20-41)32-36-53(58)59(52)51-28-14-12-27-49(51)50-34-33-46(39-54(50)59)60(56-30-16-24-43-23-10-11-25-48(43)56)55-29-15-13-26-47(55)42-21-8-3-9-22-42/h1-39H. The van der Waals surface area contributed by atoms with Crippen molar-refractivity contribution < 1.29 is 4.74 Å². The van der Waals surface area contributed by atoms with Crippen molar-refractivity contribution in [1.29, 1.82) is 0 Å². The highest BCUT2D eigenvalue weighted by atomic mass is 16.5. The minimum Gasteiger partial charge on any atom is -0.457 e. The maximum absolute atomic E-state index is 7.14. The zero-order chi connectivity index (χ0) is 40.3. The Kier molecular flexibility index (Phi) is 8.11. The maximum atomic E-state index is 7.14. The lowest BCUT2D eigenvalue weighted by atomic mass is 9.65. The molecule has 0 radical (unpaired) electrons. The van der Waals surface area contributed by atoms with E-state index in [-0.39, 0.29) is 0 Å². The first-order chi connectivity index (χ1) is 30.3. The van der Waals surface area contributed by atoms with E-state index in [0.717, 1.165) is 67.5 Å². The summed E-state index contributed by atoms with van der Waals surface area (Å²) >= 11 is 0. The van der Waals surface area contributed by atoms with E-state index in [9.17, 15) is 0 Å². The molecule has 12 rings (SSSR count). The largest absolute Gasteiger partial charge is 0.457 e. The van der Waals surface area contributed by atoms with Gasteiger partial charge in [-0.3, -0.25) is 0 Å². The Hall–Kier alpha value is -7.94. The lowest BCUT2D eigenvalue weighted by Crippen LogP contribution is -2.32. The van der Waals surface area contributed by atoms with Crippen LogP contribution in [-0.2, 0) is 5.41 Å². The quantitative estimate of drug-likeness (QED) is 0.167. The van der Waals surface area contributed by atoms with Gasteiger partial charge in [0.15, 0.2) is 0 Å². The van der Waals surface area contributed by atoms with Gasteiger partial charge >= 0.3 is 0 Å². The summed E-state index contributed by atoms with van der Waals surface area (Å²) in [4.78, 5) is 2.47. The Morgan fingerprint density at radius 3 is 1.52 bits per heavy atom. The third-order valence-corrected chi connectivity index (χ3v) is 12.7. The molecule has 2 heteroatoms. The Morgan fingerprint density at radius 1 is 0.311 bits per heavy atom. The Balaban J connectivity index is 1.16. The second kappa shape index (κ2) is 14.1. The second-order valence-corrected chi connectivity index (χ2v) is 16.0. The molecule has 0 saturated carbocycles. The van der Waals surface area contributed by atoms with E-state index in [0.29, 0.717) is 0 Å². The molecule has 0 N–H and O–H groups in total. The van der Waals surface area contributed by atoms with E-state index >= 15 is 0 Å². The summed E-state index contributed by atoms with van der Waals surface area (Å²) < 4.78 is 7.14. The molecular formula is C59H39NO. The predicted molar refractivity (Wildman–Crippen MR) is 252 cm³/mol. The van der Waals surface area contributed by atoms with E-state index in [1.54, 1.807) is 0 Å². The summed E-state index contributed by atoms with van der Waals surface area (Å²) in [5, 5.41) is 2.39. The van der Waals surface area contributed by atoms with Gasteiger partial charge in [-0.15, -0.1) is 0 Å². The van der Waals surface area contributed by atoms with Crippen LogP contribution in [0.2, 0.25) is 0 Å². The van der Waals surface area contributed by atoms with Crippen LogP contribution >= 0.6 is 0 Å². The minimum atomic E-state index is -0.668. The van der Waals surface area contributed by atoms with Gasteiger partial charge in [-0.1, -0.05) is 200 Å². The number of rotatable bonds is 6. The number of benzene rings is 10. The summed E-state index contributed by atoms with van der Waals surface area (Å²) in [6, 6.07) is 85.9. The molecule has 286 valence electrons. The summed E-state index contributed by atoms with van der Waals surface area (Å²) in [6.07, 6.45) is 0. The van der Waals surface area contributed by atoms with Crippen LogP contribution in [0.1, 0.15) is 22.3 Å². The molecule has 1 spiro atoms. The van der Waals surface area contributed by atoms with Crippen molar-refractivity contribution in [1.82, 2.24) is 0 Å². The molecule has 2 aliphatic rings. The van der Waals surface area contributed by atoms with Crippen LogP contribution in [0.5, 0.6) is 11.5 Å². The van der Waals surface area contributed by atoms with E-state index < -0.39 is 5.41 Å². The fourth-order valence-electron chi connectivity index (χ4n) is 10.0. The van der Waals surface area contributed by atoms with Gasteiger partial charge in [-0.2, -0.15) is 0 Å². The first-order valence-corrected chi connectivity index (χ1v) is 21.0. The van der Waals surface area contributed by atoms with Gasteiger partial charge < -0.3 is 9.64 Å². The first kappa shape index (κ1) is 35.0. The third kappa shape index (κ3) is 5.50. The van der Waals surface area contributed by atoms with Gasteiger partial charge in [0.2, 0.25) is 0 Å². The van der Waals surface area contributed by atoms with Crippen LogP contribution in [0.3, 0.4) is 0 Å². The lowest BCUT2D eigenvalue weighted by molar-refractivity contribution is 0.437. The molecule has 61 heavy (non-hydrogen) atoms. The monoisotopic (exact) mass is 777 g/mol. The van der Waals surface area contributed by atoms with E-state index in [1.807, 2.05) is 0 Å². The Labute approximate surface area is 356 Å². The van der Waals surface area contributed by atoms with Gasteiger partial charge in [0.1, 0.15) is 11.5 Å². The third-order valence-electron chi connectivity index (χ3n) is 12.7. The highest BCUT2D eigenvalue weighted by Gasteiger charge is 2.51. The molecular weight excluding hydrogens is 739 g/mol. The van der Waals surface area contributed by atoms with Crippen molar-refractivity contribution in [2.24, 2.45) is 0 Å². The average molecular weight is 778 g/mol. The van der Waals surface area contributed by atoms with Crippen LogP contribution in [0.25, 0.3) is 55.3 Å². The van der Waals surface area contributed by atoms with Crippen LogP contribution in [0.4, 0.5) is 17.1 Å². The van der Waals surface area contributed by atoms with Gasteiger partial charge in [0.25, 0.3) is 0 Å². The van der Waals surface area contributed by atoms with Crippen LogP contribution in [-0.4, -0.2) is 0 Å². The molecule has 10 aromatic carbocycles. The highest BCUT2D eigenvalue weighted by Crippen LogP contribution is 2.63. The van der Waals surface area contributed by atoms with Gasteiger partial charge in [-0.05, 0) is 91.9 Å². The Bertz CT molecular complexity index is 3190. The van der Waals surface area contributed by atoms with Crippen LogP contribution in [0.15, 0.2) is 237 Å². The molecule has 0 amide bonds. The van der Waals surface area contributed by atoms with Gasteiger partial charge in [0, 0.05) is 27.8 Å². The van der Waals surface area contributed by atoms with E-state index in [1.165, 1.54) is 38.6 Å². The molecule has 10 aromatic rings. The van der Waals surface area contributed by atoms with Crippen molar-refractivity contribution in [2.75, 3.05) is 4.90 Å². The molecule has 1 aliphatic carbocycles. The van der Waals surface area contributed by atoms with Crippen LogP contribution < -0.4 is 9.64 Å². The SMILES string of the molecule is c1ccc(-c2ccc3c(c2)Oc2cc(-c4ccccc4)ccc2C32c3ccccc3-c3ccc(N(c4ccccc4-c4ccccc4)c4cccc5ccccc45)cc32)cc1. The molecule has 0 atom stereocenters. The van der Waals surface area contributed by atoms with E-state index in [2.05, 4.69) is 241 Å². The van der Waals surface area contributed by atoms with Crippen LogP contribution in [0, 0.1) is 0 Å². The topological polar surface area (TPSA) is 12.5 Å². The number of hydrogen-bond acceptors (Lipinski definition) is 2. The van der Waals surface area contributed by atoms with Crippen molar-refractivity contribution in [3.63, 3.8) is 0 Å². The fourth-order valence-corrected chi connectivity index (χ4v) is 10.0. The fraction of sp³-hybridized carbons (Fsp3) is 0.0169. The zero-order valence-electron chi connectivity index (χ0n) is 33.4. The molecule has 2 nitrogen and oxygen atoms in total. The number of ether oxygens (including phenoxy) is 1. The summed E-state index contributed by atoms with van der Waals surface area (Å²) in [6.45, 7) is 0. The van der Waals surface area contributed by atoms with Gasteiger partial charge in [-0.25, -0.2) is 0 Å². The second-order valence-electron chi connectivity index (χ2n) is 16.0. The molecule has 1 aliphatic heterocycles. The number of nitrogens with zero attached hydrogens (tertiary/aromatic N) is 1. The molecule has 0 unspecified atom stereocenters. The molecule has 0 bridgehead atoms. The van der Waals surface area contributed by atoms with Crippen molar-refractivity contribution >= 4 is 27.8 Å². The number of anilines is 3. The van der Waals surface area contributed by atoms with Crippen molar-refractivity contribution in [3.05, 3.63) is 259 Å². The number of fused-ring (bicyclic) bond motifs is 10. The summed E-state index contributed by atoms with van der Waals surface area (Å²) in [5.74, 6) is 1.74. The first-order valence-electron chi connectivity index (χ1n) is 21.0. The smallest absolute Gasteiger partial charge is 0.132 e. The minimum absolute atomic E-state index is 0.668. The summed E-state index contributed by atoms with van der Waals surface area (Å²) in [7, 11) is 0. The lowest BCUT2D eigenvalue weighted by Gasteiger charge is -2.40. The number of hydrogen-bond donors (Lipinski definition) is 0. The molecule has 0 fully saturated rings. The average Bonchev–Trinajstić information content (AvgIpc) is 3.62. The van der Waals surface area contributed by atoms with Crippen molar-refractivity contribution in [2.45, 2.75) is 5.41 Å². The number of para-hydroxylation sites is 1. The highest BCUT2D eigenvalue weighted by molar-refractivity contribution is 6.02. The molecule has 0 aromatic heterocycles. The zero-order valence-corrected chi connectivity index (χ0v) is 33.4. The normalized spacial score (nSPS) is 12.9. The summed E-state index contributed by atoms with van der Waals surface area (Å²) in [5.41, 5.74) is 16.8. The Morgan fingerprint density at radius 2 is 0.836 bits per heavy atom. The molecule has 1 heterocycles. The maximum Gasteiger partial charge on any atom is 0.132 e. The predicted octanol–water partition coefficient (Wildman–Crippen LogP) is 15.8. The van der Waals surface area contributed by atoms with Gasteiger partial charge in [0.05, 0.1) is 16.8 Å². The van der Waals surface area contributed by atoms with Crippen molar-refractivity contribution in [3.8, 4) is 56.0 Å².